The maximum Gasteiger partial charge on any atom is 0.317 e. The molecule has 2 rings (SSSR count). The third-order valence-corrected chi connectivity index (χ3v) is 4.41. The Hall–Kier alpha value is -2.67. The van der Waals surface area contributed by atoms with E-state index in [0.717, 1.165) is 18.2 Å². The van der Waals surface area contributed by atoms with Gasteiger partial charge in [0.25, 0.3) is 0 Å². The number of aliphatic carboxylic acids is 1. The molecule has 0 fully saturated rings. The number of amides is 2. The lowest BCUT2D eigenvalue weighted by Gasteiger charge is -2.26. The summed E-state index contributed by atoms with van der Waals surface area (Å²) >= 11 is 6.19. The summed E-state index contributed by atoms with van der Waals surface area (Å²) in [4.78, 5) is 24.7. The molecule has 8 heteroatoms. The minimum absolute atomic E-state index is 0.0535. The highest BCUT2D eigenvalue weighted by atomic mass is 35.5. The van der Waals surface area contributed by atoms with Gasteiger partial charge in [-0.15, -0.1) is 0 Å². The van der Waals surface area contributed by atoms with Gasteiger partial charge >= 0.3 is 12.0 Å². The average Bonchev–Trinajstić information content (AvgIpc) is 2.62. The van der Waals surface area contributed by atoms with Gasteiger partial charge in [0.2, 0.25) is 0 Å². The normalized spacial score (nSPS) is 12.9. The van der Waals surface area contributed by atoms with Crippen molar-refractivity contribution in [2.45, 2.75) is 13.0 Å². The van der Waals surface area contributed by atoms with Gasteiger partial charge in [0.1, 0.15) is 11.6 Å². The van der Waals surface area contributed by atoms with E-state index in [4.69, 9.17) is 16.7 Å². The molecule has 0 bridgehead atoms. The van der Waals surface area contributed by atoms with Crippen molar-refractivity contribution >= 4 is 23.6 Å². The standard InChI is InChI=1S/C19H19ClF2N2O3/c1-11(18(25)26)10-24(2)19(27)23-17(13-5-3-4-6-15(13)20)14-9-12(21)7-8-16(14)22/h3-9,11,17H,10H2,1-2H3,(H,23,27)(H,25,26). The van der Waals surface area contributed by atoms with E-state index in [0.29, 0.717) is 5.56 Å². The summed E-state index contributed by atoms with van der Waals surface area (Å²) < 4.78 is 28.0. The fourth-order valence-corrected chi connectivity index (χ4v) is 2.82. The van der Waals surface area contributed by atoms with Crippen LogP contribution in [0.15, 0.2) is 42.5 Å². The summed E-state index contributed by atoms with van der Waals surface area (Å²) in [6, 6.07) is 7.74. The molecule has 2 N–H and O–H groups in total. The van der Waals surface area contributed by atoms with Gasteiger partial charge in [0.05, 0.1) is 12.0 Å². The highest BCUT2D eigenvalue weighted by Gasteiger charge is 2.25. The van der Waals surface area contributed by atoms with Crippen LogP contribution in [0.4, 0.5) is 13.6 Å². The molecule has 2 aromatic rings. The number of carboxylic acids is 1. The molecule has 0 aliphatic heterocycles. The number of nitrogens with zero attached hydrogens (tertiary/aromatic N) is 1. The number of rotatable bonds is 6. The zero-order valence-electron chi connectivity index (χ0n) is 14.7. The monoisotopic (exact) mass is 396 g/mol. The van der Waals surface area contributed by atoms with Gasteiger partial charge in [-0.1, -0.05) is 36.7 Å². The Morgan fingerprint density at radius 1 is 1.19 bits per heavy atom. The van der Waals surface area contributed by atoms with Crippen LogP contribution in [0.1, 0.15) is 24.1 Å². The lowest BCUT2D eigenvalue weighted by Crippen LogP contribution is -2.42. The average molecular weight is 397 g/mol. The predicted octanol–water partition coefficient (Wildman–Crippen LogP) is 4.07. The molecular weight excluding hydrogens is 378 g/mol. The largest absolute Gasteiger partial charge is 0.481 e. The molecule has 0 heterocycles. The molecular formula is C19H19ClF2N2O3. The third kappa shape index (κ3) is 5.17. The van der Waals surface area contributed by atoms with Crippen LogP contribution < -0.4 is 5.32 Å². The van der Waals surface area contributed by atoms with Crippen LogP contribution in [0, 0.1) is 17.6 Å². The summed E-state index contributed by atoms with van der Waals surface area (Å²) in [5.74, 6) is -3.20. The Morgan fingerprint density at radius 2 is 1.85 bits per heavy atom. The molecule has 2 atom stereocenters. The number of halogens is 3. The van der Waals surface area contributed by atoms with E-state index in [9.17, 15) is 18.4 Å². The molecule has 2 amide bonds. The number of benzene rings is 2. The van der Waals surface area contributed by atoms with Crippen LogP contribution in [-0.2, 0) is 4.79 Å². The summed E-state index contributed by atoms with van der Waals surface area (Å²) in [5, 5.41) is 11.9. The van der Waals surface area contributed by atoms with Gasteiger partial charge in [-0.2, -0.15) is 0 Å². The van der Waals surface area contributed by atoms with Crippen molar-refractivity contribution in [2.75, 3.05) is 13.6 Å². The number of hydrogen-bond acceptors (Lipinski definition) is 2. The van der Waals surface area contributed by atoms with Gasteiger partial charge < -0.3 is 15.3 Å². The topological polar surface area (TPSA) is 69.6 Å². The second-order valence-electron chi connectivity index (χ2n) is 6.19. The van der Waals surface area contributed by atoms with E-state index < -0.39 is 35.6 Å². The molecule has 5 nitrogen and oxygen atoms in total. The van der Waals surface area contributed by atoms with Crippen molar-refractivity contribution in [3.63, 3.8) is 0 Å². The molecule has 0 spiro atoms. The number of carboxylic acid groups (broad SMARTS) is 1. The molecule has 0 saturated carbocycles. The Morgan fingerprint density at radius 3 is 2.48 bits per heavy atom. The zero-order valence-corrected chi connectivity index (χ0v) is 15.5. The van der Waals surface area contributed by atoms with Crippen LogP contribution in [-0.4, -0.2) is 35.6 Å². The van der Waals surface area contributed by atoms with E-state index in [1.807, 2.05) is 0 Å². The van der Waals surface area contributed by atoms with E-state index in [1.54, 1.807) is 24.3 Å². The first-order valence-electron chi connectivity index (χ1n) is 8.14. The highest BCUT2D eigenvalue weighted by Crippen LogP contribution is 2.30. The van der Waals surface area contributed by atoms with Crippen molar-refractivity contribution in [3.05, 3.63) is 70.2 Å². The smallest absolute Gasteiger partial charge is 0.317 e. The summed E-state index contributed by atoms with van der Waals surface area (Å²) in [6.45, 7) is 1.41. The molecule has 0 aliphatic carbocycles. The maximum absolute atomic E-state index is 14.4. The molecule has 0 radical (unpaired) electrons. The quantitative estimate of drug-likeness (QED) is 0.773. The number of hydrogen-bond donors (Lipinski definition) is 2. The predicted molar refractivity (Wildman–Crippen MR) is 97.6 cm³/mol. The van der Waals surface area contributed by atoms with Gasteiger partial charge in [0, 0.05) is 24.2 Å². The highest BCUT2D eigenvalue weighted by molar-refractivity contribution is 6.31. The van der Waals surface area contributed by atoms with Crippen molar-refractivity contribution in [1.29, 1.82) is 0 Å². The first-order chi connectivity index (χ1) is 12.7. The summed E-state index contributed by atoms with van der Waals surface area (Å²) in [6.07, 6.45) is 0. The minimum Gasteiger partial charge on any atom is -0.481 e. The van der Waals surface area contributed by atoms with E-state index in [1.165, 1.54) is 18.9 Å². The van der Waals surface area contributed by atoms with Crippen LogP contribution in [0.25, 0.3) is 0 Å². The SMILES string of the molecule is CC(CN(C)C(=O)NC(c1cc(F)ccc1F)c1ccccc1Cl)C(=O)O. The zero-order chi connectivity index (χ0) is 20.1. The Bertz CT molecular complexity index is 847. The van der Waals surface area contributed by atoms with Gasteiger partial charge in [-0.3, -0.25) is 4.79 Å². The number of carbonyl (C=O) groups is 2. The maximum atomic E-state index is 14.4. The summed E-state index contributed by atoms with van der Waals surface area (Å²) in [7, 11) is 1.42. The Kier molecular flexibility index (Phi) is 6.74. The van der Waals surface area contributed by atoms with Crippen LogP contribution in [0.3, 0.4) is 0 Å². The number of urea groups is 1. The van der Waals surface area contributed by atoms with Gasteiger partial charge in [-0.25, -0.2) is 13.6 Å². The molecule has 2 aromatic carbocycles. The van der Waals surface area contributed by atoms with Crippen molar-refractivity contribution < 1.29 is 23.5 Å². The molecule has 144 valence electrons. The van der Waals surface area contributed by atoms with E-state index >= 15 is 0 Å². The lowest BCUT2D eigenvalue weighted by atomic mass is 9.98. The second kappa shape index (κ2) is 8.81. The van der Waals surface area contributed by atoms with Crippen molar-refractivity contribution in [3.8, 4) is 0 Å². The van der Waals surface area contributed by atoms with Gasteiger partial charge in [-0.05, 0) is 29.8 Å². The van der Waals surface area contributed by atoms with E-state index in [-0.39, 0.29) is 17.1 Å². The lowest BCUT2D eigenvalue weighted by molar-refractivity contribution is -0.141. The first kappa shape index (κ1) is 20.6. The fourth-order valence-electron chi connectivity index (χ4n) is 2.57. The Balaban J connectivity index is 2.36. The molecule has 0 aliphatic rings. The van der Waals surface area contributed by atoms with Crippen LogP contribution >= 0.6 is 11.6 Å². The molecule has 0 saturated heterocycles. The van der Waals surface area contributed by atoms with Gasteiger partial charge in [0.15, 0.2) is 0 Å². The number of carbonyl (C=O) groups excluding carboxylic acids is 1. The summed E-state index contributed by atoms with van der Waals surface area (Å²) in [5.41, 5.74) is 0.299. The minimum atomic E-state index is -1.05. The molecule has 27 heavy (non-hydrogen) atoms. The fraction of sp³-hybridized carbons (Fsp3) is 0.263. The van der Waals surface area contributed by atoms with Crippen molar-refractivity contribution in [2.24, 2.45) is 5.92 Å². The third-order valence-electron chi connectivity index (χ3n) is 4.07. The second-order valence-corrected chi connectivity index (χ2v) is 6.60. The first-order valence-corrected chi connectivity index (χ1v) is 8.52. The van der Waals surface area contributed by atoms with Crippen LogP contribution in [0.5, 0.6) is 0 Å². The molecule has 2 unspecified atom stereocenters. The number of nitrogens with one attached hydrogen (secondary N) is 1. The molecule has 0 aromatic heterocycles. The van der Waals surface area contributed by atoms with Crippen LogP contribution in [0.2, 0.25) is 5.02 Å². The van der Waals surface area contributed by atoms with E-state index in [2.05, 4.69) is 5.32 Å². The Labute approximate surface area is 160 Å². The van der Waals surface area contributed by atoms with Crippen molar-refractivity contribution in [1.82, 2.24) is 10.2 Å².